The van der Waals surface area contributed by atoms with E-state index in [9.17, 15) is 9.50 Å². The molecule has 1 heterocycles. The fourth-order valence-electron chi connectivity index (χ4n) is 0.884. The molecular formula is C8H12FNO. The highest BCUT2D eigenvalue weighted by atomic mass is 19.1. The molecule has 0 amide bonds. The van der Waals surface area contributed by atoms with Crippen LogP contribution in [0, 0.1) is 0 Å². The number of hydrogen-bond donors (Lipinski definition) is 2. The minimum absolute atomic E-state index is 0.512. The lowest BCUT2D eigenvalue weighted by Crippen LogP contribution is -2.23. The molecule has 0 saturated carbocycles. The van der Waals surface area contributed by atoms with Crippen LogP contribution in [-0.2, 0) is 0 Å². The maximum Gasteiger partial charge on any atom is 0.136 e. The van der Waals surface area contributed by atoms with Gasteiger partial charge in [-0.05, 0) is 26.0 Å². The van der Waals surface area contributed by atoms with Gasteiger partial charge in [0.05, 0.1) is 0 Å². The number of aliphatic hydroxyl groups excluding tert-OH is 1. The zero-order valence-corrected chi connectivity index (χ0v) is 6.63. The summed E-state index contributed by atoms with van der Waals surface area (Å²) >= 11 is 0. The molecule has 1 atom stereocenters. The van der Waals surface area contributed by atoms with Crippen LogP contribution in [0.1, 0.15) is 25.6 Å². The van der Waals surface area contributed by atoms with Gasteiger partial charge in [0.15, 0.2) is 0 Å². The van der Waals surface area contributed by atoms with E-state index in [1.165, 1.54) is 13.8 Å². The second kappa shape index (κ2) is 2.66. The number of nitrogens with one attached hydrogen (secondary N) is 1. The van der Waals surface area contributed by atoms with Crippen LogP contribution in [0.5, 0.6) is 0 Å². The van der Waals surface area contributed by atoms with Crippen molar-refractivity contribution in [3.63, 3.8) is 0 Å². The highest BCUT2D eigenvalue weighted by Gasteiger charge is 2.28. The molecule has 0 aromatic carbocycles. The highest BCUT2D eigenvalue weighted by molar-refractivity contribution is 5.10. The SMILES string of the molecule is CC(C)(F)C(O)c1ccc[nH]1. The molecule has 11 heavy (non-hydrogen) atoms. The second-order valence-electron chi connectivity index (χ2n) is 3.09. The van der Waals surface area contributed by atoms with Crippen molar-refractivity contribution < 1.29 is 9.50 Å². The van der Waals surface area contributed by atoms with Crippen LogP contribution >= 0.6 is 0 Å². The van der Waals surface area contributed by atoms with Crippen LogP contribution in [0.25, 0.3) is 0 Å². The molecule has 62 valence electrons. The molecule has 0 radical (unpaired) electrons. The summed E-state index contributed by atoms with van der Waals surface area (Å²) in [7, 11) is 0. The van der Waals surface area contributed by atoms with Gasteiger partial charge in [0.1, 0.15) is 11.8 Å². The lowest BCUT2D eigenvalue weighted by atomic mass is 10.0. The van der Waals surface area contributed by atoms with E-state index in [1.807, 2.05) is 0 Å². The Hall–Kier alpha value is -0.830. The smallest absolute Gasteiger partial charge is 0.136 e. The summed E-state index contributed by atoms with van der Waals surface area (Å²) in [6, 6.07) is 3.39. The van der Waals surface area contributed by atoms with Gasteiger partial charge in [-0.15, -0.1) is 0 Å². The second-order valence-corrected chi connectivity index (χ2v) is 3.09. The third-order valence-corrected chi connectivity index (χ3v) is 1.57. The van der Waals surface area contributed by atoms with Crippen LogP contribution in [0.2, 0.25) is 0 Å². The van der Waals surface area contributed by atoms with Crippen molar-refractivity contribution in [2.45, 2.75) is 25.6 Å². The standard InChI is InChI=1S/C8H12FNO/c1-8(2,9)7(11)6-4-3-5-10-6/h3-5,7,10-11H,1-2H3. The van der Waals surface area contributed by atoms with Crippen LogP contribution in [0.4, 0.5) is 4.39 Å². The molecule has 2 nitrogen and oxygen atoms in total. The van der Waals surface area contributed by atoms with E-state index < -0.39 is 11.8 Å². The average molecular weight is 157 g/mol. The Morgan fingerprint density at radius 1 is 1.64 bits per heavy atom. The molecule has 2 N–H and O–H groups in total. The van der Waals surface area contributed by atoms with Crippen molar-refractivity contribution in [2.75, 3.05) is 0 Å². The quantitative estimate of drug-likeness (QED) is 0.674. The Kier molecular flexibility index (Phi) is 2.00. The van der Waals surface area contributed by atoms with E-state index >= 15 is 0 Å². The Morgan fingerprint density at radius 3 is 2.64 bits per heavy atom. The number of aromatic amines is 1. The van der Waals surface area contributed by atoms with Gasteiger partial charge in [-0.1, -0.05) is 0 Å². The van der Waals surface area contributed by atoms with Gasteiger partial charge in [-0.25, -0.2) is 4.39 Å². The van der Waals surface area contributed by atoms with Crippen LogP contribution < -0.4 is 0 Å². The van der Waals surface area contributed by atoms with Crippen LogP contribution in [-0.4, -0.2) is 15.8 Å². The largest absolute Gasteiger partial charge is 0.384 e. The first kappa shape index (κ1) is 8.27. The minimum atomic E-state index is -1.59. The van der Waals surface area contributed by atoms with Gasteiger partial charge in [0.25, 0.3) is 0 Å². The first-order valence-electron chi connectivity index (χ1n) is 3.52. The Labute approximate surface area is 65.1 Å². The van der Waals surface area contributed by atoms with E-state index in [0.717, 1.165) is 0 Å². The number of halogens is 1. The molecule has 1 unspecified atom stereocenters. The predicted octanol–water partition coefficient (Wildman–Crippen LogP) is 1.80. The molecule has 0 saturated heterocycles. The van der Waals surface area contributed by atoms with Gasteiger partial charge in [-0.2, -0.15) is 0 Å². The molecule has 0 aliphatic carbocycles. The van der Waals surface area contributed by atoms with E-state index in [1.54, 1.807) is 18.3 Å². The summed E-state index contributed by atoms with van der Waals surface area (Å²) in [5.41, 5.74) is -1.08. The third kappa shape index (κ3) is 1.80. The van der Waals surface area contributed by atoms with E-state index in [0.29, 0.717) is 5.69 Å². The van der Waals surface area contributed by atoms with Gasteiger partial charge >= 0.3 is 0 Å². The molecule has 1 aromatic heterocycles. The molecular weight excluding hydrogens is 145 g/mol. The fourth-order valence-corrected chi connectivity index (χ4v) is 0.884. The van der Waals surface area contributed by atoms with Crippen molar-refractivity contribution >= 4 is 0 Å². The molecule has 0 aliphatic heterocycles. The lowest BCUT2D eigenvalue weighted by Gasteiger charge is -2.20. The third-order valence-electron chi connectivity index (χ3n) is 1.57. The van der Waals surface area contributed by atoms with E-state index in [-0.39, 0.29) is 0 Å². The first-order chi connectivity index (χ1) is 5.02. The molecule has 0 fully saturated rings. The summed E-state index contributed by atoms with van der Waals surface area (Å²) in [5, 5.41) is 9.34. The zero-order valence-electron chi connectivity index (χ0n) is 6.63. The molecule has 0 spiro atoms. The highest BCUT2D eigenvalue weighted by Crippen LogP contribution is 2.27. The Balaban J connectivity index is 2.78. The van der Waals surface area contributed by atoms with Crippen molar-refractivity contribution in [3.05, 3.63) is 24.0 Å². The Bertz CT molecular complexity index is 212. The monoisotopic (exact) mass is 157 g/mol. The lowest BCUT2D eigenvalue weighted by molar-refractivity contribution is 0.0136. The van der Waals surface area contributed by atoms with Crippen molar-refractivity contribution in [1.82, 2.24) is 4.98 Å². The molecule has 1 aromatic rings. The molecule has 3 heteroatoms. The van der Waals surface area contributed by atoms with Crippen molar-refractivity contribution in [2.24, 2.45) is 0 Å². The van der Waals surface area contributed by atoms with Crippen molar-refractivity contribution in [1.29, 1.82) is 0 Å². The number of H-pyrrole nitrogens is 1. The topological polar surface area (TPSA) is 36.0 Å². The molecule has 0 bridgehead atoms. The van der Waals surface area contributed by atoms with Gasteiger partial charge in [-0.3, -0.25) is 0 Å². The fraction of sp³-hybridized carbons (Fsp3) is 0.500. The summed E-state index contributed by atoms with van der Waals surface area (Å²) in [5.74, 6) is 0. The summed E-state index contributed by atoms with van der Waals surface area (Å²) in [4.78, 5) is 2.75. The van der Waals surface area contributed by atoms with E-state index in [2.05, 4.69) is 4.98 Å². The van der Waals surface area contributed by atoms with Crippen LogP contribution in [0.15, 0.2) is 18.3 Å². The zero-order chi connectivity index (χ0) is 8.48. The number of aromatic nitrogens is 1. The van der Waals surface area contributed by atoms with Gasteiger partial charge in [0.2, 0.25) is 0 Å². The summed E-state index contributed by atoms with van der Waals surface area (Å²) < 4.78 is 13.1. The number of alkyl halides is 1. The molecule has 0 aliphatic rings. The normalized spacial score (nSPS) is 14.9. The maximum absolute atomic E-state index is 13.1. The first-order valence-corrected chi connectivity index (χ1v) is 3.52. The predicted molar refractivity (Wildman–Crippen MR) is 40.9 cm³/mol. The minimum Gasteiger partial charge on any atom is -0.384 e. The summed E-state index contributed by atoms with van der Waals surface area (Å²) in [6.45, 7) is 2.69. The molecule has 1 rings (SSSR count). The van der Waals surface area contributed by atoms with Gasteiger partial charge in [0, 0.05) is 11.9 Å². The van der Waals surface area contributed by atoms with E-state index in [4.69, 9.17) is 0 Å². The number of hydrogen-bond acceptors (Lipinski definition) is 1. The average Bonchev–Trinajstić information content (AvgIpc) is 2.34. The number of aliphatic hydroxyl groups is 1. The maximum atomic E-state index is 13.1. The Morgan fingerprint density at radius 2 is 2.27 bits per heavy atom. The van der Waals surface area contributed by atoms with Crippen LogP contribution in [0.3, 0.4) is 0 Å². The number of rotatable bonds is 2. The van der Waals surface area contributed by atoms with Crippen molar-refractivity contribution in [3.8, 4) is 0 Å². The summed E-state index contributed by atoms with van der Waals surface area (Å²) in [6.07, 6.45) is 0.585. The van der Waals surface area contributed by atoms with Gasteiger partial charge < -0.3 is 10.1 Å².